The van der Waals surface area contributed by atoms with Crippen LogP contribution in [0, 0.1) is 13.8 Å². The normalized spacial score (nSPS) is 10.6. The zero-order valence-electron chi connectivity index (χ0n) is 15.5. The first-order valence-corrected chi connectivity index (χ1v) is 9.40. The Labute approximate surface area is 161 Å². The number of hydrogen-bond donors (Lipinski definition) is 2. The molecule has 0 saturated heterocycles. The van der Waals surface area contributed by atoms with Crippen molar-refractivity contribution in [3.8, 4) is 5.75 Å². The fourth-order valence-corrected chi connectivity index (χ4v) is 3.58. The first-order chi connectivity index (χ1) is 12.9. The number of anilines is 2. The first-order valence-electron chi connectivity index (χ1n) is 8.59. The van der Waals surface area contributed by atoms with Gasteiger partial charge in [0.1, 0.15) is 5.75 Å². The topological polar surface area (TPSA) is 80.3 Å². The maximum Gasteiger partial charge on any atom is 0.229 e. The molecule has 3 aromatic rings. The minimum atomic E-state index is -0.152. The number of benzene rings is 2. The molecule has 3 rings (SSSR count). The van der Waals surface area contributed by atoms with Gasteiger partial charge >= 0.3 is 0 Å². The number of nitrogens with one attached hydrogen (secondary N) is 2. The molecule has 0 aliphatic carbocycles. The van der Waals surface area contributed by atoms with Gasteiger partial charge in [-0.2, -0.15) is 0 Å². The molecule has 0 unspecified atom stereocenters. The van der Waals surface area contributed by atoms with Gasteiger partial charge < -0.3 is 15.4 Å². The summed E-state index contributed by atoms with van der Waals surface area (Å²) in [4.78, 5) is 27.7. The lowest BCUT2D eigenvalue weighted by molar-refractivity contribution is -0.116. The predicted molar refractivity (Wildman–Crippen MR) is 109 cm³/mol. The van der Waals surface area contributed by atoms with E-state index < -0.39 is 0 Å². The molecule has 2 aromatic carbocycles. The molecule has 0 aliphatic heterocycles. The lowest BCUT2D eigenvalue weighted by Crippen LogP contribution is -2.15. The Kier molecular flexibility index (Phi) is 5.71. The Hall–Kier alpha value is -2.93. The minimum Gasteiger partial charge on any atom is -0.493 e. The van der Waals surface area contributed by atoms with E-state index in [1.54, 1.807) is 6.07 Å². The van der Waals surface area contributed by atoms with E-state index in [0.29, 0.717) is 17.4 Å². The van der Waals surface area contributed by atoms with Crippen molar-refractivity contribution in [3.63, 3.8) is 0 Å². The largest absolute Gasteiger partial charge is 0.493 e. The number of amides is 2. The summed E-state index contributed by atoms with van der Waals surface area (Å²) in [5.41, 5.74) is 3.71. The molecule has 27 heavy (non-hydrogen) atoms. The van der Waals surface area contributed by atoms with Crippen molar-refractivity contribution >= 4 is 44.2 Å². The predicted octanol–water partition coefficient (Wildman–Crippen LogP) is 4.28. The molecule has 7 heteroatoms. The third-order valence-electron chi connectivity index (χ3n) is 3.87. The second-order valence-corrected chi connectivity index (χ2v) is 7.33. The molecule has 0 spiro atoms. The summed E-state index contributed by atoms with van der Waals surface area (Å²) >= 11 is 1.37. The summed E-state index contributed by atoms with van der Waals surface area (Å²) in [5, 5.41) is 6.07. The number of rotatable bonds is 6. The van der Waals surface area contributed by atoms with Crippen molar-refractivity contribution < 1.29 is 14.3 Å². The lowest BCUT2D eigenvalue weighted by Gasteiger charge is -2.09. The van der Waals surface area contributed by atoms with Crippen LogP contribution in [0.3, 0.4) is 0 Å². The van der Waals surface area contributed by atoms with Crippen molar-refractivity contribution in [3.05, 3.63) is 47.5 Å². The molecule has 0 aliphatic rings. The quantitative estimate of drug-likeness (QED) is 0.666. The molecule has 2 amide bonds. The fraction of sp³-hybridized carbons (Fsp3) is 0.250. The van der Waals surface area contributed by atoms with Crippen molar-refractivity contribution in [2.24, 2.45) is 0 Å². The Morgan fingerprint density at radius 1 is 1.11 bits per heavy atom. The summed E-state index contributed by atoms with van der Waals surface area (Å²) in [6.07, 6.45) is 0.236. The van der Waals surface area contributed by atoms with Crippen molar-refractivity contribution in [1.82, 2.24) is 4.98 Å². The number of ether oxygens (including phenoxy) is 1. The molecule has 2 N–H and O–H groups in total. The van der Waals surface area contributed by atoms with Crippen molar-refractivity contribution in [2.45, 2.75) is 27.2 Å². The zero-order valence-corrected chi connectivity index (χ0v) is 16.3. The van der Waals surface area contributed by atoms with Crippen LogP contribution in [-0.2, 0) is 9.59 Å². The summed E-state index contributed by atoms with van der Waals surface area (Å²) < 4.78 is 6.59. The van der Waals surface area contributed by atoms with Gasteiger partial charge in [-0.05, 0) is 43.7 Å². The molecule has 0 radical (unpaired) electrons. The molecular formula is C20H21N3O3S. The van der Waals surface area contributed by atoms with E-state index >= 15 is 0 Å². The average molecular weight is 383 g/mol. The van der Waals surface area contributed by atoms with Crippen LogP contribution in [0.2, 0.25) is 0 Å². The molecular weight excluding hydrogens is 362 g/mol. The van der Waals surface area contributed by atoms with Crippen molar-refractivity contribution in [2.75, 3.05) is 17.2 Å². The highest BCUT2D eigenvalue weighted by molar-refractivity contribution is 7.22. The van der Waals surface area contributed by atoms with Crippen LogP contribution >= 0.6 is 11.3 Å². The first kappa shape index (κ1) is 18.8. The Bertz CT molecular complexity index is 997. The second-order valence-electron chi connectivity index (χ2n) is 6.30. The van der Waals surface area contributed by atoms with E-state index in [0.717, 1.165) is 21.5 Å². The Balaban J connectivity index is 1.56. The van der Waals surface area contributed by atoms with Crippen molar-refractivity contribution in [1.29, 1.82) is 0 Å². The van der Waals surface area contributed by atoms with E-state index in [1.807, 2.05) is 44.2 Å². The number of carbonyl (C=O) groups is 2. The number of aryl methyl sites for hydroxylation is 2. The van der Waals surface area contributed by atoms with Gasteiger partial charge in [-0.3, -0.25) is 9.59 Å². The van der Waals surface area contributed by atoms with E-state index in [9.17, 15) is 9.59 Å². The van der Waals surface area contributed by atoms with Crippen LogP contribution in [0.15, 0.2) is 36.4 Å². The maximum absolute atomic E-state index is 12.1. The van der Waals surface area contributed by atoms with Gasteiger partial charge in [-0.15, -0.1) is 0 Å². The summed E-state index contributed by atoms with van der Waals surface area (Å²) in [7, 11) is 0. The van der Waals surface area contributed by atoms with E-state index in [-0.39, 0.29) is 18.2 Å². The number of hydrogen-bond acceptors (Lipinski definition) is 5. The molecule has 1 aromatic heterocycles. The number of nitrogens with zero attached hydrogens (tertiary/aromatic N) is 1. The summed E-state index contributed by atoms with van der Waals surface area (Å²) in [6, 6.07) is 11.4. The van der Waals surface area contributed by atoms with Crippen LogP contribution in [-0.4, -0.2) is 23.4 Å². The van der Waals surface area contributed by atoms with E-state index in [1.165, 1.54) is 23.8 Å². The molecule has 0 bridgehead atoms. The Morgan fingerprint density at radius 2 is 1.93 bits per heavy atom. The van der Waals surface area contributed by atoms with Crippen LogP contribution in [0.25, 0.3) is 10.2 Å². The average Bonchev–Trinajstić information content (AvgIpc) is 2.97. The molecule has 1 heterocycles. The SMILES string of the molecule is CC(=O)Nc1ccc2nc(NC(=O)CCOc3ccc(C)cc3C)sc2c1. The van der Waals surface area contributed by atoms with Crippen LogP contribution in [0.4, 0.5) is 10.8 Å². The van der Waals surface area contributed by atoms with Gasteiger partial charge in [0, 0.05) is 12.6 Å². The fourth-order valence-electron chi connectivity index (χ4n) is 2.66. The molecule has 0 atom stereocenters. The zero-order chi connectivity index (χ0) is 19.4. The van der Waals surface area contributed by atoms with E-state index in [2.05, 4.69) is 15.6 Å². The minimum absolute atomic E-state index is 0.129. The van der Waals surface area contributed by atoms with Gasteiger partial charge in [0.25, 0.3) is 0 Å². The monoisotopic (exact) mass is 383 g/mol. The second kappa shape index (κ2) is 8.18. The highest BCUT2D eigenvalue weighted by Crippen LogP contribution is 2.28. The summed E-state index contributed by atoms with van der Waals surface area (Å²) in [5.74, 6) is 0.510. The third-order valence-corrected chi connectivity index (χ3v) is 4.81. The number of carbonyl (C=O) groups excluding carboxylic acids is 2. The molecule has 6 nitrogen and oxygen atoms in total. The Morgan fingerprint density at radius 3 is 2.67 bits per heavy atom. The standard InChI is InChI=1S/C20H21N3O3S/c1-12-4-7-17(13(2)10-12)26-9-8-19(25)23-20-22-16-6-5-15(21-14(3)24)11-18(16)27-20/h4-7,10-11H,8-9H2,1-3H3,(H,21,24)(H,22,23,25). The van der Waals surface area contributed by atoms with Crippen LogP contribution < -0.4 is 15.4 Å². The van der Waals surface area contributed by atoms with Crippen LogP contribution in [0.1, 0.15) is 24.5 Å². The van der Waals surface area contributed by atoms with Gasteiger partial charge in [0.05, 0.1) is 23.2 Å². The van der Waals surface area contributed by atoms with Gasteiger partial charge in [0.2, 0.25) is 11.8 Å². The number of thiazole rings is 1. The molecule has 140 valence electrons. The molecule has 0 saturated carbocycles. The molecule has 0 fully saturated rings. The van der Waals surface area contributed by atoms with Gasteiger partial charge in [-0.1, -0.05) is 29.0 Å². The van der Waals surface area contributed by atoms with E-state index in [4.69, 9.17) is 4.74 Å². The van der Waals surface area contributed by atoms with Gasteiger partial charge in [-0.25, -0.2) is 4.98 Å². The van der Waals surface area contributed by atoms with Crippen LogP contribution in [0.5, 0.6) is 5.75 Å². The highest BCUT2D eigenvalue weighted by atomic mass is 32.1. The maximum atomic E-state index is 12.1. The number of fused-ring (bicyclic) bond motifs is 1. The third kappa shape index (κ3) is 5.04. The number of aromatic nitrogens is 1. The van der Waals surface area contributed by atoms with Gasteiger partial charge in [0.15, 0.2) is 5.13 Å². The lowest BCUT2D eigenvalue weighted by atomic mass is 10.1. The smallest absolute Gasteiger partial charge is 0.229 e. The highest BCUT2D eigenvalue weighted by Gasteiger charge is 2.09. The summed E-state index contributed by atoms with van der Waals surface area (Å²) in [6.45, 7) is 5.77.